The highest BCUT2D eigenvalue weighted by atomic mass is 35.5. The van der Waals surface area contributed by atoms with E-state index in [1.54, 1.807) is 6.08 Å². The quantitative estimate of drug-likeness (QED) is 0.805. The van der Waals surface area contributed by atoms with Crippen molar-refractivity contribution in [2.24, 2.45) is 0 Å². The molecule has 1 aromatic carbocycles. The monoisotopic (exact) mass is 279 g/mol. The van der Waals surface area contributed by atoms with Crippen LogP contribution in [0.5, 0.6) is 0 Å². The van der Waals surface area contributed by atoms with Crippen molar-refractivity contribution in [2.45, 2.75) is 32.2 Å². The largest absolute Gasteiger partial charge is 0.478 e. The molecule has 1 aromatic rings. The van der Waals surface area contributed by atoms with Gasteiger partial charge in [-0.2, -0.15) is 0 Å². The number of carboxylic acid groups (broad SMARTS) is 1. The summed E-state index contributed by atoms with van der Waals surface area (Å²) in [5, 5.41) is 9.39. The molecule has 0 saturated heterocycles. The zero-order valence-corrected chi connectivity index (χ0v) is 11.7. The predicted molar refractivity (Wildman–Crippen MR) is 78.8 cm³/mol. The molecule has 0 heterocycles. The lowest BCUT2D eigenvalue weighted by Crippen LogP contribution is -2.27. The minimum absolute atomic E-state index is 0.595. The van der Waals surface area contributed by atoms with Gasteiger partial charge in [0.1, 0.15) is 0 Å². The summed E-state index contributed by atoms with van der Waals surface area (Å²) in [6.07, 6.45) is 6.28. The summed E-state index contributed by atoms with van der Waals surface area (Å²) in [6, 6.07) is 6.26. The van der Waals surface area contributed by atoms with E-state index in [0.29, 0.717) is 11.1 Å². The van der Waals surface area contributed by atoms with E-state index < -0.39 is 5.97 Å². The van der Waals surface area contributed by atoms with Crippen LogP contribution in [-0.2, 0) is 4.79 Å². The molecule has 1 N–H and O–H groups in total. The molecule has 0 bridgehead atoms. The summed E-state index contributed by atoms with van der Waals surface area (Å²) in [5.41, 5.74) is 1.95. The molecule has 0 aromatic heterocycles. The lowest BCUT2D eigenvalue weighted by atomic mass is 10.1. The highest BCUT2D eigenvalue weighted by molar-refractivity contribution is 6.30. The van der Waals surface area contributed by atoms with Crippen LogP contribution >= 0.6 is 11.6 Å². The molecule has 0 unspecified atom stereocenters. The Hall–Kier alpha value is -1.48. The molecule has 2 rings (SSSR count). The molecule has 19 heavy (non-hydrogen) atoms. The van der Waals surface area contributed by atoms with Gasteiger partial charge in [0.25, 0.3) is 0 Å². The third-order valence-corrected chi connectivity index (χ3v) is 3.39. The third kappa shape index (κ3) is 3.74. The molecule has 0 amide bonds. The Bertz CT molecular complexity index is 495. The zero-order chi connectivity index (χ0) is 13.8. The Morgan fingerprint density at radius 3 is 2.84 bits per heavy atom. The fourth-order valence-corrected chi connectivity index (χ4v) is 2.39. The second-order valence-corrected chi connectivity index (χ2v) is 5.24. The van der Waals surface area contributed by atoms with Gasteiger partial charge in [-0.3, -0.25) is 0 Å². The van der Waals surface area contributed by atoms with E-state index in [1.807, 2.05) is 18.2 Å². The molecule has 1 saturated carbocycles. The predicted octanol–water partition coefficient (Wildman–Crippen LogP) is 3.82. The zero-order valence-electron chi connectivity index (χ0n) is 11.0. The summed E-state index contributed by atoms with van der Waals surface area (Å²) in [5.74, 6) is -0.945. The average molecular weight is 280 g/mol. The van der Waals surface area contributed by atoms with Crippen LogP contribution in [0.25, 0.3) is 6.08 Å². The topological polar surface area (TPSA) is 40.5 Å². The van der Waals surface area contributed by atoms with Gasteiger partial charge in [0, 0.05) is 29.4 Å². The van der Waals surface area contributed by atoms with Crippen LogP contribution < -0.4 is 4.90 Å². The van der Waals surface area contributed by atoms with Gasteiger partial charge in [0.15, 0.2) is 0 Å². The summed E-state index contributed by atoms with van der Waals surface area (Å²) < 4.78 is 0. The number of anilines is 1. The Labute approximate surface area is 118 Å². The second-order valence-electron chi connectivity index (χ2n) is 4.80. The molecule has 1 fully saturated rings. The number of benzene rings is 1. The Morgan fingerprint density at radius 2 is 2.26 bits per heavy atom. The number of carboxylic acids is 1. The third-order valence-electron chi connectivity index (χ3n) is 3.16. The molecule has 0 radical (unpaired) electrons. The van der Waals surface area contributed by atoms with Gasteiger partial charge in [0.2, 0.25) is 0 Å². The van der Waals surface area contributed by atoms with E-state index in [4.69, 9.17) is 16.7 Å². The molecular weight excluding hydrogens is 262 g/mol. The first kappa shape index (κ1) is 13.9. The first-order chi connectivity index (χ1) is 9.11. The van der Waals surface area contributed by atoms with E-state index in [9.17, 15) is 4.79 Å². The highest BCUT2D eigenvalue weighted by Crippen LogP contribution is 2.35. The first-order valence-corrected chi connectivity index (χ1v) is 6.97. The number of hydrogen-bond acceptors (Lipinski definition) is 2. The van der Waals surface area contributed by atoms with Gasteiger partial charge in [-0.15, -0.1) is 0 Å². The van der Waals surface area contributed by atoms with Crippen molar-refractivity contribution >= 4 is 29.3 Å². The number of carbonyl (C=O) groups is 1. The van der Waals surface area contributed by atoms with Crippen LogP contribution in [0.1, 0.15) is 31.7 Å². The number of hydrogen-bond donors (Lipinski definition) is 1. The maximum Gasteiger partial charge on any atom is 0.328 e. The number of halogens is 1. The first-order valence-electron chi connectivity index (χ1n) is 6.59. The molecule has 102 valence electrons. The molecular formula is C15H18ClNO2. The second kappa shape index (κ2) is 6.11. The fourth-order valence-electron chi connectivity index (χ4n) is 2.21. The van der Waals surface area contributed by atoms with Gasteiger partial charge in [-0.25, -0.2) is 4.79 Å². The Kier molecular flexibility index (Phi) is 4.48. The lowest BCUT2D eigenvalue weighted by Gasteiger charge is -2.26. The van der Waals surface area contributed by atoms with Crippen LogP contribution in [0, 0.1) is 0 Å². The summed E-state index contributed by atoms with van der Waals surface area (Å²) in [7, 11) is 0. The van der Waals surface area contributed by atoms with Crippen molar-refractivity contribution in [3.63, 3.8) is 0 Å². The van der Waals surface area contributed by atoms with Crippen LogP contribution in [0.2, 0.25) is 5.02 Å². The summed E-state index contributed by atoms with van der Waals surface area (Å²) in [6.45, 7) is 3.14. The standard InChI is InChI=1S/C15H18ClNO2/c1-2-9-17(13-5-6-13)14-7-4-12(16)10-11(14)3-8-15(18)19/h3-4,7-8,10,13H,2,5-6,9H2,1H3,(H,18,19)/b8-3+. The van der Waals surface area contributed by atoms with Gasteiger partial charge in [-0.1, -0.05) is 18.5 Å². The van der Waals surface area contributed by atoms with E-state index in [2.05, 4.69) is 11.8 Å². The SMILES string of the molecule is CCCN(c1ccc(Cl)cc1/C=C/C(=O)O)C1CC1. The van der Waals surface area contributed by atoms with Gasteiger partial charge in [0.05, 0.1) is 0 Å². The summed E-state index contributed by atoms with van der Waals surface area (Å²) in [4.78, 5) is 13.0. The maximum atomic E-state index is 10.7. The smallest absolute Gasteiger partial charge is 0.328 e. The molecule has 0 atom stereocenters. The Morgan fingerprint density at radius 1 is 1.53 bits per heavy atom. The van der Waals surface area contributed by atoms with E-state index >= 15 is 0 Å². The molecule has 4 heteroatoms. The van der Waals surface area contributed by atoms with Crippen molar-refractivity contribution in [1.82, 2.24) is 0 Å². The van der Waals surface area contributed by atoms with E-state index in [-0.39, 0.29) is 0 Å². The van der Waals surface area contributed by atoms with Gasteiger partial charge in [-0.05, 0) is 49.1 Å². The van der Waals surface area contributed by atoms with Crippen molar-refractivity contribution in [1.29, 1.82) is 0 Å². The maximum absolute atomic E-state index is 10.7. The van der Waals surface area contributed by atoms with Crippen molar-refractivity contribution < 1.29 is 9.90 Å². The number of nitrogens with zero attached hydrogens (tertiary/aromatic N) is 1. The van der Waals surface area contributed by atoms with Crippen LogP contribution in [0.4, 0.5) is 5.69 Å². The molecule has 0 aliphatic heterocycles. The van der Waals surface area contributed by atoms with Crippen LogP contribution in [-0.4, -0.2) is 23.7 Å². The fraction of sp³-hybridized carbons (Fsp3) is 0.400. The molecule has 0 spiro atoms. The Balaban J connectivity index is 2.34. The van der Waals surface area contributed by atoms with Crippen LogP contribution in [0.15, 0.2) is 24.3 Å². The molecule has 3 nitrogen and oxygen atoms in total. The normalized spacial score (nSPS) is 14.8. The van der Waals surface area contributed by atoms with Crippen molar-refractivity contribution in [3.05, 3.63) is 34.9 Å². The van der Waals surface area contributed by atoms with Gasteiger partial charge < -0.3 is 10.0 Å². The number of aliphatic carboxylic acids is 1. The van der Waals surface area contributed by atoms with Gasteiger partial charge >= 0.3 is 5.97 Å². The van der Waals surface area contributed by atoms with E-state index in [1.165, 1.54) is 12.8 Å². The average Bonchev–Trinajstić information content (AvgIpc) is 3.18. The lowest BCUT2D eigenvalue weighted by molar-refractivity contribution is -0.131. The van der Waals surface area contributed by atoms with E-state index in [0.717, 1.165) is 30.3 Å². The van der Waals surface area contributed by atoms with Crippen molar-refractivity contribution in [2.75, 3.05) is 11.4 Å². The summed E-state index contributed by atoms with van der Waals surface area (Å²) >= 11 is 6.01. The minimum atomic E-state index is -0.945. The molecule has 1 aliphatic carbocycles. The van der Waals surface area contributed by atoms with Crippen molar-refractivity contribution in [3.8, 4) is 0 Å². The highest BCUT2D eigenvalue weighted by Gasteiger charge is 2.29. The minimum Gasteiger partial charge on any atom is -0.478 e. The number of rotatable bonds is 6. The molecule has 1 aliphatic rings. The van der Waals surface area contributed by atoms with Crippen LogP contribution in [0.3, 0.4) is 0 Å².